The second-order valence-corrected chi connectivity index (χ2v) is 5.96. The smallest absolute Gasteiger partial charge is 0.0902 e. The predicted octanol–water partition coefficient (Wildman–Crippen LogP) is 3.74. The molecule has 0 saturated heterocycles. The van der Waals surface area contributed by atoms with Gasteiger partial charge in [0.15, 0.2) is 0 Å². The molecular formula is C14H12N2S2. The zero-order valence-electron chi connectivity index (χ0n) is 9.67. The molecular weight excluding hydrogens is 260 g/mol. The standard InChI is InChI=1S/C14H12N2S2/c17-11-5-9-10(6-12(11)18)16-14-8-2-1-7(3-4-8)13(14)15-9/h1-2,5-8,17-18H,3-4H2. The van der Waals surface area contributed by atoms with Crippen LogP contribution in [0.3, 0.4) is 0 Å². The molecule has 0 aliphatic heterocycles. The van der Waals surface area contributed by atoms with Crippen molar-refractivity contribution in [1.82, 2.24) is 9.97 Å². The van der Waals surface area contributed by atoms with Crippen LogP contribution >= 0.6 is 25.3 Å². The van der Waals surface area contributed by atoms with E-state index in [0.29, 0.717) is 11.8 Å². The Balaban J connectivity index is 2.03. The van der Waals surface area contributed by atoms with E-state index in [2.05, 4.69) is 37.4 Å². The van der Waals surface area contributed by atoms with E-state index in [1.54, 1.807) is 0 Å². The fraction of sp³-hybridized carbons (Fsp3) is 0.286. The molecule has 2 nitrogen and oxygen atoms in total. The average molecular weight is 272 g/mol. The summed E-state index contributed by atoms with van der Waals surface area (Å²) in [5.41, 5.74) is 4.19. The number of allylic oxidation sites excluding steroid dienone is 2. The highest BCUT2D eigenvalue weighted by molar-refractivity contribution is 7.83. The fourth-order valence-corrected chi connectivity index (χ4v) is 3.30. The molecule has 0 spiro atoms. The molecule has 0 radical (unpaired) electrons. The van der Waals surface area contributed by atoms with Crippen LogP contribution in [0.1, 0.15) is 36.1 Å². The summed E-state index contributed by atoms with van der Waals surface area (Å²) in [4.78, 5) is 11.3. The minimum absolute atomic E-state index is 0.459. The number of fused-ring (bicyclic) bond motifs is 2. The van der Waals surface area contributed by atoms with E-state index in [1.807, 2.05) is 12.1 Å². The van der Waals surface area contributed by atoms with Crippen LogP contribution < -0.4 is 0 Å². The molecule has 2 bridgehead atoms. The van der Waals surface area contributed by atoms with Gasteiger partial charge in [-0.05, 0) is 25.0 Å². The van der Waals surface area contributed by atoms with Gasteiger partial charge in [0.1, 0.15) is 0 Å². The summed E-state index contributed by atoms with van der Waals surface area (Å²) < 4.78 is 0. The first kappa shape index (κ1) is 10.9. The van der Waals surface area contributed by atoms with Crippen molar-refractivity contribution in [1.29, 1.82) is 0 Å². The SMILES string of the molecule is Sc1cc2nc3c(nc2cc1S)C1C=CC3CC1. The zero-order valence-corrected chi connectivity index (χ0v) is 11.5. The molecule has 1 aromatic carbocycles. The number of nitrogens with zero attached hydrogens (tertiary/aromatic N) is 2. The molecule has 5 rings (SSSR count). The van der Waals surface area contributed by atoms with Gasteiger partial charge in [0.2, 0.25) is 0 Å². The average Bonchev–Trinajstić information content (AvgIpc) is 2.39. The van der Waals surface area contributed by atoms with Crippen molar-refractivity contribution in [2.45, 2.75) is 34.5 Å². The molecule has 2 aromatic rings. The van der Waals surface area contributed by atoms with Crippen LogP contribution in [0, 0.1) is 0 Å². The summed E-state index contributed by atoms with van der Waals surface area (Å²) in [6.45, 7) is 0. The molecule has 2 atom stereocenters. The van der Waals surface area contributed by atoms with E-state index < -0.39 is 0 Å². The molecule has 3 aliphatic carbocycles. The minimum atomic E-state index is 0.459. The Morgan fingerprint density at radius 1 is 0.833 bits per heavy atom. The van der Waals surface area contributed by atoms with Gasteiger partial charge in [0.05, 0.1) is 22.4 Å². The van der Waals surface area contributed by atoms with Crippen molar-refractivity contribution < 1.29 is 0 Å². The van der Waals surface area contributed by atoms with Crippen LogP contribution in [0.4, 0.5) is 0 Å². The summed E-state index contributed by atoms with van der Waals surface area (Å²) in [6.07, 6.45) is 6.97. The third-order valence-electron chi connectivity index (χ3n) is 3.88. The monoisotopic (exact) mass is 272 g/mol. The maximum absolute atomic E-state index is 4.80. The van der Waals surface area contributed by atoms with Crippen molar-refractivity contribution >= 4 is 36.3 Å². The first-order chi connectivity index (χ1) is 8.72. The minimum Gasteiger partial charge on any atom is -0.249 e. The van der Waals surface area contributed by atoms with Crippen molar-refractivity contribution in [3.8, 4) is 0 Å². The van der Waals surface area contributed by atoms with Crippen molar-refractivity contribution in [2.75, 3.05) is 0 Å². The molecule has 0 N–H and O–H groups in total. The number of hydrogen-bond donors (Lipinski definition) is 2. The van der Waals surface area contributed by atoms with E-state index in [0.717, 1.165) is 20.8 Å². The molecule has 1 heterocycles. The Bertz CT molecular complexity index is 635. The van der Waals surface area contributed by atoms with E-state index in [-0.39, 0.29) is 0 Å². The first-order valence-electron chi connectivity index (χ1n) is 6.14. The van der Waals surface area contributed by atoms with E-state index >= 15 is 0 Å². The zero-order chi connectivity index (χ0) is 12.3. The number of rotatable bonds is 0. The predicted molar refractivity (Wildman–Crippen MR) is 77.9 cm³/mol. The molecule has 0 fully saturated rings. The van der Waals surface area contributed by atoms with Crippen LogP contribution in [0.2, 0.25) is 0 Å². The largest absolute Gasteiger partial charge is 0.249 e. The molecule has 3 aliphatic rings. The number of thiol groups is 2. The Morgan fingerprint density at radius 2 is 1.28 bits per heavy atom. The molecule has 2 unspecified atom stereocenters. The van der Waals surface area contributed by atoms with Crippen molar-refractivity contribution in [2.24, 2.45) is 0 Å². The normalized spacial score (nSPS) is 24.6. The van der Waals surface area contributed by atoms with Crippen LogP contribution in [0.15, 0.2) is 34.1 Å². The van der Waals surface area contributed by atoms with Gasteiger partial charge in [-0.3, -0.25) is 0 Å². The van der Waals surface area contributed by atoms with Gasteiger partial charge in [0.25, 0.3) is 0 Å². The summed E-state index contributed by atoms with van der Waals surface area (Å²) in [5.74, 6) is 0.918. The topological polar surface area (TPSA) is 25.8 Å². The fourth-order valence-electron chi connectivity index (χ4n) is 2.93. The van der Waals surface area contributed by atoms with Gasteiger partial charge >= 0.3 is 0 Å². The van der Waals surface area contributed by atoms with Crippen molar-refractivity contribution in [3.63, 3.8) is 0 Å². The maximum atomic E-state index is 4.80. The Kier molecular flexibility index (Phi) is 2.26. The third-order valence-corrected chi connectivity index (χ3v) is 4.80. The second kappa shape index (κ2) is 3.75. The van der Waals surface area contributed by atoms with Gasteiger partial charge in [-0.25, -0.2) is 9.97 Å². The van der Waals surface area contributed by atoms with Crippen LogP contribution in [-0.2, 0) is 0 Å². The lowest BCUT2D eigenvalue weighted by molar-refractivity contribution is 0.529. The van der Waals surface area contributed by atoms with E-state index in [1.165, 1.54) is 24.2 Å². The lowest BCUT2D eigenvalue weighted by atomic mass is 9.76. The summed E-state index contributed by atoms with van der Waals surface area (Å²) in [5, 5.41) is 0. The molecule has 1 aromatic heterocycles. The number of hydrogen-bond acceptors (Lipinski definition) is 4. The summed E-state index contributed by atoms with van der Waals surface area (Å²) in [6, 6.07) is 3.92. The van der Waals surface area contributed by atoms with Gasteiger partial charge in [-0.15, -0.1) is 25.3 Å². The van der Waals surface area contributed by atoms with Gasteiger partial charge in [0, 0.05) is 21.6 Å². The summed E-state index contributed by atoms with van der Waals surface area (Å²) in [7, 11) is 0. The lowest BCUT2D eigenvalue weighted by Gasteiger charge is -2.31. The van der Waals surface area contributed by atoms with Gasteiger partial charge in [-0.1, -0.05) is 12.2 Å². The maximum Gasteiger partial charge on any atom is 0.0902 e. The molecule has 0 amide bonds. The van der Waals surface area contributed by atoms with Gasteiger partial charge in [-0.2, -0.15) is 0 Å². The van der Waals surface area contributed by atoms with Crippen LogP contribution in [0.25, 0.3) is 11.0 Å². The Hall–Kier alpha value is -1.000. The van der Waals surface area contributed by atoms with E-state index in [4.69, 9.17) is 9.97 Å². The Morgan fingerprint density at radius 3 is 1.67 bits per heavy atom. The molecule has 0 saturated carbocycles. The quantitative estimate of drug-likeness (QED) is 0.564. The number of benzene rings is 1. The third kappa shape index (κ3) is 1.45. The van der Waals surface area contributed by atoms with Crippen LogP contribution in [-0.4, -0.2) is 9.97 Å². The second-order valence-electron chi connectivity index (χ2n) is 5.00. The number of aromatic nitrogens is 2. The summed E-state index contributed by atoms with van der Waals surface area (Å²) >= 11 is 8.79. The molecule has 90 valence electrons. The lowest BCUT2D eigenvalue weighted by Crippen LogP contribution is -2.20. The Labute approximate surface area is 116 Å². The molecule has 18 heavy (non-hydrogen) atoms. The van der Waals surface area contributed by atoms with Crippen LogP contribution in [0.5, 0.6) is 0 Å². The molecule has 4 heteroatoms. The first-order valence-corrected chi connectivity index (χ1v) is 7.03. The highest BCUT2D eigenvalue weighted by Crippen LogP contribution is 2.43. The van der Waals surface area contributed by atoms with Gasteiger partial charge < -0.3 is 0 Å². The highest BCUT2D eigenvalue weighted by Gasteiger charge is 2.31. The van der Waals surface area contributed by atoms with E-state index in [9.17, 15) is 0 Å². The van der Waals surface area contributed by atoms with Crippen molar-refractivity contribution in [3.05, 3.63) is 35.7 Å². The highest BCUT2D eigenvalue weighted by atomic mass is 32.1.